The Labute approximate surface area is 229 Å². The number of nitrogens with zero attached hydrogens (tertiary/aromatic N) is 5. The third-order valence-electron chi connectivity index (χ3n) is 6.68. The van der Waals surface area contributed by atoms with Crippen molar-refractivity contribution in [1.29, 1.82) is 0 Å². The van der Waals surface area contributed by atoms with Crippen LogP contribution < -0.4 is 5.56 Å². The molecule has 1 atom stereocenters. The number of halogens is 1. The molecule has 0 aromatic carbocycles. The SMILES string of the molecule is C/C(Cl)=C(\C)SCC(=O)N1CCC[C@H]1c1nc(=O)c(O)c2n1CCN(CCS(=O)(=O)c1ccncc1)C2=O. The first-order valence-corrected chi connectivity index (χ1v) is 15.0. The van der Waals surface area contributed by atoms with Crippen LogP contribution in [0.5, 0.6) is 5.75 Å². The summed E-state index contributed by atoms with van der Waals surface area (Å²) in [4.78, 5) is 50.7. The van der Waals surface area contributed by atoms with Crippen molar-refractivity contribution in [2.45, 2.75) is 44.2 Å². The van der Waals surface area contributed by atoms with Gasteiger partial charge in [-0.2, -0.15) is 4.98 Å². The average molecular weight is 582 g/mol. The van der Waals surface area contributed by atoms with Gasteiger partial charge in [0, 0.05) is 43.6 Å². The zero-order valence-electron chi connectivity index (χ0n) is 21.0. The number of likely N-dealkylation sites (tertiary alicyclic amines) is 1. The van der Waals surface area contributed by atoms with E-state index in [4.69, 9.17) is 11.6 Å². The van der Waals surface area contributed by atoms with Gasteiger partial charge in [0.05, 0.1) is 22.4 Å². The fourth-order valence-corrected chi connectivity index (χ4v) is 6.62. The monoisotopic (exact) mass is 581 g/mol. The van der Waals surface area contributed by atoms with Crippen LogP contribution >= 0.6 is 23.4 Å². The smallest absolute Gasteiger partial charge is 0.315 e. The standard InChI is InChI=1S/C24H28ClN5O6S2/c1-15(25)16(2)37-14-19(31)29-9-3-4-18(29)22-27-23(33)21(32)20-24(34)28(10-11-30(20)22)12-13-38(35,36)17-5-7-26-8-6-17/h5-8,18,32H,3-4,9-14H2,1-2H3/b16-15-/t18-/m0/s1. The van der Waals surface area contributed by atoms with Gasteiger partial charge in [0.25, 0.3) is 5.91 Å². The van der Waals surface area contributed by atoms with Crippen LogP contribution in [0.4, 0.5) is 0 Å². The second-order valence-electron chi connectivity index (χ2n) is 9.04. The van der Waals surface area contributed by atoms with Crippen LogP contribution in [0.25, 0.3) is 0 Å². The lowest BCUT2D eigenvalue weighted by Crippen LogP contribution is -2.46. The molecule has 14 heteroatoms. The lowest BCUT2D eigenvalue weighted by molar-refractivity contribution is -0.129. The Morgan fingerprint density at radius 2 is 1.89 bits per heavy atom. The van der Waals surface area contributed by atoms with E-state index in [-0.39, 0.29) is 53.5 Å². The van der Waals surface area contributed by atoms with Crippen LogP contribution in [-0.4, -0.2) is 80.8 Å². The van der Waals surface area contributed by atoms with Gasteiger partial charge >= 0.3 is 5.56 Å². The summed E-state index contributed by atoms with van der Waals surface area (Å²) >= 11 is 7.33. The van der Waals surface area contributed by atoms with Crippen LogP contribution in [0.3, 0.4) is 0 Å². The van der Waals surface area contributed by atoms with E-state index >= 15 is 0 Å². The fraction of sp³-hybridized carbons (Fsp3) is 0.458. The molecule has 2 aliphatic rings. The molecule has 0 bridgehead atoms. The van der Waals surface area contributed by atoms with Crippen molar-refractivity contribution in [3.63, 3.8) is 0 Å². The lowest BCUT2D eigenvalue weighted by atomic mass is 10.1. The van der Waals surface area contributed by atoms with E-state index < -0.39 is 33.1 Å². The minimum atomic E-state index is -3.67. The number of amides is 2. The topological polar surface area (TPSA) is 143 Å². The number of allylic oxidation sites excluding steroid dienone is 2. The van der Waals surface area contributed by atoms with Crippen molar-refractivity contribution in [3.05, 3.63) is 56.3 Å². The summed E-state index contributed by atoms with van der Waals surface area (Å²) in [5.41, 5.74) is -1.20. The molecule has 2 aromatic rings. The minimum Gasteiger partial charge on any atom is -0.501 e. The van der Waals surface area contributed by atoms with Gasteiger partial charge in [0.15, 0.2) is 15.5 Å². The predicted octanol–water partition coefficient (Wildman–Crippen LogP) is 2.16. The number of carbonyl (C=O) groups excluding carboxylic acids is 2. The summed E-state index contributed by atoms with van der Waals surface area (Å²) in [5.74, 6) is -1.51. The summed E-state index contributed by atoms with van der Waals surface area (Å²) in [6.07, 6.45) is 4.00. The molecule has 11 nitrogen and oxygen atoms in total. The Hall–Kier alpha value is -2.90. The number of rotatable bonds is 8. The van der Waals surface area contributed by atoms with Gasteiger partial charge in [-0.25, -0.2) is 8.42 Å². The predicted molar refractivity (Wildman–Crippen MR) is 143 cm³/mol. The molecular formula is C24H28ClN5O6S2. The Balaban J connectivity index is 1.57. The molecule has 2 amide bonds. The Morgan fingerprint density at radius 3 is 2.58 bits per heavy atom. The molecule has 0 unspecified atom stereocenters. The zero-order chi connectivity index (χ0) is 27.6. The molecule has 204 valence electrons. The van der Waals surface area contributed by atoms with Crippen molar-refractivity contribution in [1.82, 2.24) is 24.3 Å². The molecule has 2 aromatic heterocycles. The molecule has 0 saturated carbocycles. The summed E-state index contributed by atoms with van der Waals surface area (Å²) in [5, 5.41) is 11.1. The number of thioether (sulfide) groups is 1. The summed E-state index contributed by atoms with van der Waals surface area (Å²) in [6.45, 7) is 4.29. The molecule has 4 rings (SSSR count). The Kier molecular flexibility index (Phi) is 8.48. The number of hydrogen-bond acceptors (Lipinski definition) is 9. The van der Waals surface area contributed by atoms with Gasteiger partial charge in [0.2, 0.25) is 11.7 Å². The number of aromatic hydroxyl groups is 1. The molecule has 4 heterocycles. The maximum absolute atomic E-state index is 13.3. The number of aromatic nitrogens is 3. The second-order valence-corrected chi connectivity index (χ2v) is 12.9. The molecule has 0 aliphatic carbocycles. The van der Waals surface area contributed by atoms with Gasteiger partial charge in [-0.1, -0.05) is 11.6 Å². The highest BCUT2D eigenvalue weighted by molar-refractivity contribution is 8.03. The van der Waals surface area contributed by atoms with Crippen LogP contribution in [0.2, 0.25) is 0 Å². The molecule has 1 N–H and O–H groups in total. The highest BCUT2D eigenvalue weighted by atomic mass is 35.5. The molecule has 2 aliphatic heterocycles. The first kappa shape index (κ1) is 28.1. The molecule has 1 fully saturated rings. The van der Waals surface area contributed by atoms with Gasteiger partial charge in [-0.05, 0) is 43.7 Å². The van der Waals surface area contributed by atoms with E-state index in [0.717, 1.165) is 4.91 Å². The van der Waals surface area contributed by atoms with Gasteiger partial charge in [0.1, 0.15) is 5.82 Å². The quantitative estimate of drug-likeness (QED) is 0.496. The summed E-state index contributed by atoms with van der Waals surface area (Å²) in [7, 11) is -3.67. The third kappa shape index (κ3) is 5.74. The Morgan fingerprint density at radius 1 is 1.18 bits per heavy atom. The van der Waals surface area contributed by atoms with Gasteiger partial charge < -0.3 is 19.5 Å². The van der Waals surface area contributed by atoms with E-state index in [1.165, 1.54) is 45.8 Å². The van der Waals surface area contributed by atoms with Crippen LogP contribution in [0.15, 0.2) is 44.2 Å². The summed E-state index contributed by atoms with van der Waals surface area (Å²) < 4.78 is 26.8. The fourth-order valence-electron chi connectivity index (χ4n) is 4.52. The normalized spacial score (nSPS) is 18.4. The Bertz CT molecular complexity index is 1440. The average Bonchev–Trinajstić information content (AvgIpc) is 3.39. The van der Waals surface area contributed by atoms with E-state index in [1.807, 2.05) is 6.92 Å². The second kappa shape index (κ2) is 11.5. The van der Waals surface area contributed by atoms with E-state index in [0.29, 0.717) is 24.4 Å². The molecule has 0 spiro atoms. The third-order valence-corrected chi connectivity index (χ3v) is 9.92. The highest BCUT2D eigenvalue weighted by Crippen LogP contribution is 2.34. The van der Waals surface area contributed by atoms with Crippen molar-refractivity contribution >= 4 is 45.0 Å². The molecule has 0 radical (unpaired) electrons. The van der Waals surface area contributed by atoms with Crippen molar-refractivity contribution < 1.29 is 23.1 Å². The van der Waals surface area contributed by atoms with E-state index in [1.54, 1.807) is 11.8 Å². The minimum absolute atomic E-state index is 0.0963. The zero-order valence-corrected chi connectivity index (χ0v) is 23.4. The maximum Gasteiger partial charge on any atom is 0.315 e. The summed E-state index contributed by atoms with van der Waals surface area (Å²) in [6, 6.07) is 2.24. The van der Waals surface area contributed by atoms with Crippen molar-refractivity contribution in [2.24, 2.45) is 0 Å². The van der Waals surface area contributed by atoms with Crippen LogP contribution in [0.1, 0.15) is 49.0 Å². The first-order chi connectivity index (χ1) is 18.0. The van der Waals surface area contributed by atoms with Crippen molar-refractivity contribution in [3.8, 4) is 5.75 Å². The van der Waals surface area contributed by atoms with Gasteiger partial charge in [-0.15, -0.1) is 11.8 Å². The van der Waals surface area contributed by atoms with E-state index in [9.17, 15) is 27.9 Å². The van der Waals surface area contributed by atoms with Crippen LogP contribution in [-0.2, 0) is 21.2 Å². The molecular weight excluding hydrogens is 554 g/mol. The van der Waals surface area contributed by atoms with Gasteiger partial charge in [-0.3, -0.25) is 19.4 Å². The number of fused-ring (bicyclic) bond motifs is 1. The maximum atomic E-state index is 13.3. The lowest BCUT2D eigenvalue weighted by Gasteiger charge is -2.33. The largest absolute Gasteiger partial charge is 0.501 e. The number of carbonyl (C=O) groups is 2. The number of pyridine rings is 1. The highest BCUT2D eigenvalue weighted by Gasteiger charge is 2.38. The first-order valence-electron chi connectivity index (χ1n) is 12.0. The van der Waals surface area contributed by atoms with Crippen LogP contribution in [0, 0.1) is 0 Å². The number of sulfone groups is 1. The number of hydrogen-bond donors (Lipinski definition) is 1. The van der Waals surface area contributed by atoms with Crippen molar-refractivity contribution in [2.75, 3.05) is 31.1 Å². The molecule has 1 saturated heterocycles. The van der Waals surface area contributed by atoms with E-state index in [2.05, 4.69) is 9.97 Å². The molecule has 38 heavy (non-hydrogen) atoms.